The summed E-state index contributed by atoms with van der Waals surface area (Å²) in [5.74, 6) is 1.45. The number of pyridine rings is 2. The van der Waals surface area contributed by atoms with Gasteiger partial charge in [-0.1, -0.05) is 71.4 Å². The SMILES string of the molecule is C=C(CNc1cc(-c2cccnc2OCC)nc(C(C)=N)c1C)S/C(C)=C\CCC.CCCC(C)C. The van der Waals surface area contributed by atoms with Crippen molar-refractivity contribution in [1.29, 1.82) is 5.41 Å². The number of rotatable bonds is 13. The molecule has 2 N–H and O–H groups in total. The Balaban J connectivity index is 0.000000960. The lowest BCUT2D eigenvalue weighted by atomic mass is 10.1. The highest BCUT2D eigenvalue weighted by molar-refractivity contribution is 8.06. The van der Waals surface area contributed by atoms with Crippen LogP contribution in [0.4, 0.5) is 5.69 Å². The molecule has 0 aromatic carbocycles. The van der Waals surface area contributed by atoms with E-state index in [4.69, 9.17) is 15.1 Å². The maximum Gasteiger partial charge on any atom is 0.222 e. The van der Waals surface area contributed by atoms with Gasteiger partial charge in [0.05, 0.1) is 29.3 Å². The molecule has 2 heterocycles. The number of hydrogen-bond donors (Lipinski definition) is 2. The van der Waals surface area contributed by atoms with Crippen molar-refractivity contribution in [3.8, 4) is 17.1 Å². The van der Waals surface area contributed by atoms with E-state index in [-0.39, 0.29) is 0 Å². The average Bonchev–Trinajstić information content (AvgIpc) is 2.83. The summed E-state index contributed by atoms with van der Waals surface area (Å²) in [5.41, 5.74) is 4.52. The maximum atomic E-state index is 8.17. The summed E-state index contributed by atoms with van der Waals surface area (Å²) in [5, 5.41) is 11.7. The number of thioether (sulfide) groups is 1. The summed E-state index contributed by atoms with van der Waals surface area (Å²) >= 11 is 1.70. The van der Waals surface area contributed by atoms with E-state index in [1.807, 2.05) is 32.0 Å². The van der Waals surface area contributed by atoms with Crippen LogP contribution in [0.3, 0.4) is 0 Å². The van der Waals surface area contributed by atoms with Crippen LogP contribution in [0, 0.1) is 18.3 Å². The Morgan fingerprint density at radius 2 is 1.94 bits per heavy atom. The van der Waals surface area contributed by atoms with E-state index in [1.54, 1.807) is 24.9 Å². The van der Waals surface area contributed by atoms with Gasteiger partial charge in [-0.25, -0.2) is 9.97 Å². The zero-order valence-electron chi connectivity index (χ0n) is 23.6. The van der Waals surface area contributed by atoms with Gasteiger partial charge in [0.1, 0.15) is 0 Å². The summed E-state index contributed by atoms with van der Waals surface area (Å²) < 4.78 is 5.69. The zero-order chi connectivity index (χ0) is 27.1. The van der Waals surface area contributed by atoms with E-state index in [1.165, 1.54) is 17.7 Å². The molecule has 5 nitrogen and oxygen atoms in total. The molecule has 0 amide bonds. The minimum Gasteiger partial charge on any atom is -0.477 e. The Kier molecular flexibility index (Phi) is 14.8. The first-order valence-corrected chi connectivity index (χ1v) is 13.9. The molecule has 2 aromatic heterocycles. The molecule has 0 aliphatic rings. The molecule has 0 atom stereocenters. The van der Waals surface area contributed by atoms with Crippen molar-refractivity contribution < 1.29 is 4.74 Å². The first-order valence-electron chi connectivity index (χ1n) is 13.1. The van der Waals surface area contributed by atoms with Crippen LogP contribution in [0.5, 0.6) is 5.88 Å². The first-order chi connectivity index (χ1) is 17.1. The number of allylic oxidation sites excluding steroid dienone is 2. The quantitative estimate of drug-likeness (QED) is 0.263. The topological polar surface area (TPSA) is 70.9 Å². The highest BCUT2D eigenvalue weighted by Gasteiger charge is 2.15. The molecule has 0 unspecified atom stereocenters. The summed E-state index contributed by atoms with van der Waals surface area (Å²) in [7, 11) is 0. The fraction of sp³-hybridized carbons (Fsp3) is 0.500. The smallest absolute Gasteiger partial charge is 0.222 e. The normalized spacial score (nSPS) is 11.1. The predicted octanol–water partition coefficient (Wildman–Crippen LogP) is 9.04. The molecule has 0 aliphatic carbocycles. The predicted molar refractivity (Wildman–Crippen MR) is 160 cm³/mol. The third-order valence-electron chi connectivity index (χ3n) is 5.32. The second kappa shape index (κ2) is 17.0. The summed E-state index contributed by atoms with van der Waals surface area (Å²) in [6, 6.07) is 5.81. The Hall–Kier alpha value is -2.60. The van der Waals surface area contributed by atoms with Gasteiger partial charge in [0.15, 0.2) is 0 Å². The summed E-state index contributed by atoms with van der Waals surface area (Å²) in [6.07, 6.45) is 8.89. The van der Waals surface area contributed by atoms with E-state index < -0.39 is 0 Å². The van der Waals surface area contributed by atoms with Gasteiger partial charge in [-0.05, 0) is 68.7 Å². The monoisotopic (exact) mass is 510 g/mol. The van der Waals surface area contributed by atoms with E-state index in [9.17, 15) is 0 Å². The molecule has 0 fully saturated rings. The minimum atomic E-state index is 0.422. The third-order valence-corrected chi connectivity index (χ3v) is 6.25. The third kappa shape index (κ3) is 11.0. The molecule has 36 heavy (non-hydrogen) atoms. The fourth-order valence-corrected chi connectivity index (χ4v) is 4.36. The molecular formula is C30H46N4OS. The van der Waals surface area contributed by atoms with Crippen LogP contribution in [-0.4, -0.2) is 28.8 Å². The van der Waals surface area contributed by atoms with Gasteiger partial charge >= 0.3 is 0 Å². The number of ether oxygens (including phenoxy) is 1. The molecule has 0 saturated heterocycles. The van der Waals surface area contributed by atoms with Gasteiger partial charge in [-0.15, -0.1) is 0 Å². The lowest BCUT2D eigenvalue weighted by Crippen LogP contribution is -2.10. The van der Waals surface area contributed by atoms with Crippen LogP contribution in [0.15, 0.2) is 46.9 Å². The largest absolute Gasteiger partial charge is 0.477 e. The van der Waals surface area contributed by atoms with Crippen LogP contribution in [0.2, 0.25) is 0 Å². The van der Waals surface area contributed by atoms with E-state index in [2.05, 4.69) is 57.6 Å². The van der Waals surface area contributed by atoms with E-state index in [0.717, 1.165) is 46.2 Å². The van der Waals surface area contributed by atoms with Gasteiger partial charge in [-0.3, -0.25) is 0 Å². The molecular weight excluding hydrogens is 464 g/mol. The Morgan fingerprint density at radius 1 is 1.22 bits per heavy atom. The van der Waals surface area contributed by atoms with Crippen LogP contribution < -0.4 is 10.1 Å². The highest BCUT2D eigenvalue weighted by atomic mass is 32.2. The average molecular weight is 511 g/mol. The number of nitrogens with one attached hydrogen (secondary N) is 2. The number of anilines is 1. The van der Waals surface area contributed by atoms with Crippen molar-refractivity contribution in [2.45, 2.75) is 81.1 Å². The van der Waals surface area contributed by atoms with Crippen LogP contribution in [-0.2, 0) is 0 Å². The first kappa shape index (κ1) is 31.4. The fourth-order valence-electron chi connectivity index (χ4n) is 3.56. The number of hydrogen-bond acceptors (Lipinski definition) is 6. The van der Waals surface area contributed by atoms with E-state index in [0.29, 0.717) is 30.4 Å². The molecule has 0 aliphatic heterocycles. The van der Waals surface area contributed by atoms with Crippen molar-refractivity contribution in [3.63, 3.8) is 0 Å². The summed E-state index contributed by atoms with van der Waals surface area (Å²) in [4.78, 5) is 11.4. The molecule has 2 aromatic rings. The Labute approximate surface area is 223 Å². The molecule has 6 heteroatoms. The van der Waals surface area contributed by atoms with Crippen LogP contribution in [0.1, 0.15) is 85.4 Å². The maximum absolute atomic E-state index is 8.17. The van der Waals surface area contributed by atoms with Gasteiger partial charge in [0.2, 0.25) is 5.88 Å². The zero-order valence-corrected chi connectivity index (χ0v) is 24.4. The Bertz CT molecular complexity index is 1010. The second-order valence-corrected chi connectivity index (χ2v) is 10.6. The van der Waals surface area contributed by atoms with Gasteiger partial charge in [0, 0.05) is 23.3 Å². The molecule has 0 spiro atoms. The van der Waals surface area contributed by atoms with Crippen molar-refractivity contribution >= 4 is 23.2 Å². The number of unbranched alkanes of at least 4 members (excludes halogenated alkanes) is 1. The highest BCUT2D eigenvalue weighted by Crippen LogP contribution is 2.32. The van der Waals surface area contributed by atoms with E-state index >= 15 is 0 Å². The lowest BCUT2D eigenvalue weighted by Gasteiger charge is -2.17. The van der Waals surface area contributed by atoms with Gasteiger partial charge in [-0.2, -0.15) is 0 Å². The standard InChI is InChI=1S/C24H32N4OS.C6H14/c1-7-9-11-16(3)30-17(4)15-27-21-14-22(28-23(18(21)5)19(6)25)20-12-10-13-26-24(20)29-8-2;1-4-5-6(2)3/h10-14,25H,4,7-9,15H2,1-3,5-6H3,(H,27,28);6H,4-5H2,1-3H3/b16-11-,25-19?;. The molecule has 0 saturated carbocycles. The van der Waals surface area contributed by atoms with Gasteiger partial charge < -0.3 is 15.5 Å². The number of aromatic nitrogens is 2. The van der Waals surface area contributed by atoms with Crippen molar-refractivity contribution in [1.82, 2.24) is 9.97 Å². The minimum absolute atomic E-state index is 0.422. The van der Waals surface area contributed by atoms with Crippen molar-refractivity contribution in [3.05, 3.63) is 58.1 Å². The Morgan fingerprint density at radius 3 is 2.50 bits per heavy atom. The lowest BCUT2D eigenvalue weighted by molar-refractivity contribution is 0.328. The van der Waals surface area contributed by atoms with Gasteiger partial charge in [0.25, 0.3) is 0 Å². The summed E-state index contributed by atoms with van der Waals surface area (Å²) in [6.45, 7) is 22.1. The second-order valence-electron chi connectivity index (χ2n) is 9.22. The molecule has 2 rings (SSSR count). The number of nitrogens with zero attached hydrogens (tertiary/aromatic N) is 2. The molecule has 0 radical (unpaired) electrons. The van der Waals surface area contributed by atoms with Crippen LogP contribution in [0.25, 0.3) is 11.3 Å². The van der Waals surface area contributed by atoms with Crippen molar-refractivity contribution in [2.75, 3.05) is 18.5 Å². The molecule has 198 valence electrons. The molecule has 0 bridgehead atoms. The van der Waals surface area contributed by atoms with Crippen LogP contribution >= 0.6 is 11.8 Å². The van der Waals surface area contributed by atoms with Crippen molar-refractivity contribution in [2.24, 2.45) is 5.92 Å².